The molecule has 626 valence electrons. The topological polar surface area (TPSA) is 231 Å². The monoisotopic (exact) mass is 1570 g/mol. The number of hydrogen-bond acceptors (Lipinski definition) is 14. The largest absolute Gasteiger partial charge is 0.472 e. The molecule has 109 heavy (non-hydrogen) atoms. The highest BCUT2D eigenvalue weighted by Gasteiger charge is 2.29. The molecule has 0 aliphatic carbocycles. The van der Waals surface area contributed by atoms with Gasteiger partial charge in [0.15, 0.2) is 6.10 Å². The standard InChI is InChI=1S/C91H156O16P2/c1-4-7-10-13-16-19-22-25-28-30-32-34-36-38-39-40-41-42-43-44-45-47-49-50-52-54-57-59-62-65-68-71-74-77-89(94)101-80-86(92)81-103-108(97,98)104-82-87(93)83-105-109(99,100)106-85-88(107-91(96)79-76-73-70-67-64-61-56-27-24-21-18-15-12-9-6-3)84-102-90(95)78-75-72-69-66-63-60-58-55-53-51-48-46-37-35-33-31-29-26-23-20-17-14-11-8-5-2/h7-8,10-11,16-21,25-29,32-35,38-39,46,48,56,86-88,92-93H,4-6,9,12-15,22-24,30-31,36-37,40-45,47,49-55,57-85H2,1-3H3,(H,97,98)(H,99,100)/b10-7-,11-8-,19-16-,20-17-,21-18-,28-25-,29-26-,34-32-,35-33-,39-38-,48-46-,56-27-. The van der Waals surface area contributed by atoms with E-state index in [-0.39, 0.29) is 19.3 Å². The maximum atomic E-state index is 13.0. The zero-order chi connectivity index (χ0) is 79.4. The van der Waals surface area contributed by atoms with Crippen LogP contribution >= 0.6 is 15.6 Å². The molecule has 0 radical (unpaired) electrons. The van der Waals surface area contributed by atoms with E-state index in [2.05, 4.69) is 167 Å². The highest BCUT2D eigenvalue weighted by atomic mass is 31.2. The van der Waals surface area contributed by atoms with Crippen molar-refractivity contribution in [2.45, 2.75) is 373 Å². The molecule has 0 aliphatic heterocycles. The van der Waals surface area contributed by atoms with Gasteiger partial charge in [0.25, 0.3) is 0 Å². The van der Waals surface area contributed by atoms with Gasteiger partial charge in [-0.3, -0.25) is 32.5 Å². The number of allylic oxidation sites excluding steroid dienone is 24. The van der Waals surface area contributed by atoms with Gasteiger partial charge in [0.05, 0.1) is 26.4 Å². The average molecular weight is 1570 g/mol. The van der Waals surface area contributed by atoms with Gasteiger partial charge in [0.2, 0.25) is 0 Å². The number of phosphoric acid groups is 2. The van der Waals surface area contributed by atoms with Crippen molar-refractivity contribution in [2.24, 2.45) is 0 Å². The molecule has 16 nitrogen and oxygen atoms in total. The molecule has 0 fully saturated rings. The number of esters is 3. The molecule has 0 aromatic heterocycles. The molecular weight excluding hydrogens is 1410 g/mol. The molecule has 0 saturated carbocycles. The summed E-state index contributed by atoms with van der Waals surface area (Å²) in [5, 5.41) is 20.7. The van der Waals surface area contributed by atoms with E-state index in [9.17, 15) is 43.5 Å². The summed E-state index contributed by atoms with van der Waals surface area (Å²) in [7, 11) is -9.80. The predicted octanol–water partition coefficient (Wildman–Crippen LogP) is 26.0. The molecule has 5 atom stereocenters. The average Bonchev–Trinajstić information content (AvgIpc) is 0.903. The van der Waals surface area contributed by atoms with Crippen LogP contribution in [0, 0.1) is 0 Å². The Morgan fingerprint density at radius 2 is 0.486 bits per heavy atom. The van der Waals surface area contributed by atoms with Crippen LogP contribution in [0.1, 0.15) is 355 Å². The summed E-state index contributed by atoms with van der Waals surface area (Å²) >= 11 is 0. The van der Waals surface area contributed by atoms with Gasteiger partial charge in [-0.25, -0.2) is 9.13 Å². The van der Waals surface area contributed by atoms with Crippen LogP contribution in [0.4, 0.5) is 0 Å². The van der Waals surface area contributed by atoms with Gasteiger partial charge in [0, 0.05) is 19.3 Å². The summed E-state index contributed by atoms with van der Waals surface area (Å²) < 4.78 is 61.3. The first kappa shape index (κ1) is 104. The van der Waals surface area contributed by atoms with Gasteiger partial charge in [-0.15, -0.1) is 0 Å². The van der Waals surface area contributed by atoms with E-state index in [1.54, 1.807) is 0 Å². The Kier molecular flexibility index (Phi) is 79.4. The minimum absolute atomic E-state index is 0.0850. The lowest BCUT2D eigenvalue weighted by atomic mass is 10.0. The van der Waals surface area contributed by atoms with Crippen molar-refractivity contribution in [1.29, 1.82) is 0 Å². The second-order valence-corrected chi connectivity index (χ2v) is 31.5. The van der Waals surface area contributed by atoms with Crippen LogP contribution in [0.2, 0.25) is 0 Å². The zero-order valence-electron chi connectivity index (χ0n) is 68.7. The Morgan fingerprint density at radius 3 is 0.771 bits per heavy atom. The minimum Gasteiger partial charge on any atom is -0.463 e. The van der Waals surface area contributed by atoms with Gasteiger partial charge >= 0.3 is 33.6 Å². The summed E-state index contributed by atoms with van der Waals surface area (Å²) in [5.74, 6) is -1.59. The van der Waals surface area contributed by atoms with Gasteiger partial charge < -0.3 is 34.2 Å². The zero-order valence-corrected chi connectivity index (χ0v) is 70.5. The second kappa shape index (κ2) is 82.9. The number of unbranched alkanes of at least 4 members (excludes halogenated alkanes) is 34. The molecule has 0 amide bonds. The SMILES string of the molecule is CC/C=C\C/C=C\C/C=C\C/C=C\C/C=C\CCCCCCCCCCCCCCCCCCCC(=O)OCC(O)COP(=O)(O)OCC(O)COP(=O)(O)OCC(COC(=O)CCCCCCCCCCC/C=C\C/C=C\C/C=C\C/C=C\C/C=C\CC)OC(=O)CCCCCCC/C=C\C/C=C\CCCCC. The molecule has 0 aromatic rings. The lowest BCUT2D eigenvalue weighted by Crippen LogP contribution is -2.30. The Balaban J connectivity index is 4.47. The van der Waals surface area contributed by atoms with Gasteiger partial charge in [-0.1, -0.05) is 340 Å². The van der Waals surface area contributed by atoms with Crippen molar-refractivity contribution in [3.8, 4) is 0 Å². The summed E-state index contributed by atoms with van der Waals surface area (Å²) in [6.07, 6.45) is 103. The fourth-order valence-corrected chi connectivity index (χ4v) is 13.1. The highest BCUT2D eigenvalue weighted by molar-refractivity contribution is 7.47. The van der Waals surface area contributed by atoms with Crippen molar-refractivity contribution in [1.82, 2.24) is 0 Å². The third-order valence-electron chi connectivity index (χ3n) is 18.0. The normalized spacial score (nSPS) is 14.6. The molecule has 18 heteroatoms. The molecule has 0 spiro atoms. The van der Waals surface area contributed by atoms with E-state index in [4.69, 9.17) is 32.3 Å². The second-order valence-electron chi connectivity index (χ2n) is 28.6. The smallest absolute Gasteiger partial charge is 0.463 e. The van der Waals surface area contributed by atoms with E-state index in [0.29, 0.717) is 19.3 Å². The highest BCUT2D eigenvalue weighted by Crippen LogP contribution is 2.45. The molecule has 0 aromatic carbocycles. The van der Waals surface area contributed by atoms with E-state index in [1.165, 1.54) is 135 Å². The fraction of sp³-hybridized carbons (Fsp3) is 0.703. The quantitative estimate of drug-likeness (QED) is 0.0146. The minimum atomic E-state index is -4.94. The van der Waals surface area contributed by atoms with Crippen LogP contribution in [0.3, 0.4) is 0 Å². The van der Waals surface area contributed by atoms with Crippen molar-refractivity contribution < 1.29 is 75.8 Å². The van der Waals surface area contributed by atoms with Crippen molar-refractivity contribution >= 4 is 33.6 Å². The Morgan fingerprint density at radius 1 is 0.266 bits per heavy atom. The number of hydrogen-bond donors (Lipinski definition) is 4. The molecule has 0 heterocycles. The van der Waals surface area contributed by atoms with E-state index >= 15 is 0 Å². The maximum absolute atomic E-state index is 13.0. The lowest BCUT2D eigenvalue weighted by molar-refractivity contribution is -0.161. The van der Waals surface area contributed by atoms with Gasteiger partial charge in [-0.2, -0.15) is 0 Å². The molecular formula is C91H156O16P2. The molecule has 0 saturated heterocycles. The third-order valence-corrected chi connectivity index (χ3v) is 19.9. The number of rotatable bonds is 81. The maximum Gasteiger partial charge on any atom is 0.472 e. The van der Waals surface area contributed by atoms with Crippen molar-refractivity contribution in [2.75, 3.05) is 39.6 Å². The van der Waals surface area contributed by atoms with E-state index < -0.39 is 91.5 Å². The van der Waals surface area contributed by atoms with Crippen LogP contribution in [-0.2, 0) is 55.8 Å². The van der Waals surface area contributed by atoms with Crippen LogP contribution < -0.4 is 0 Å². The first-order valence-corrected chi connectivity index (χ1v) is 46.1. The van der Waals surface area contributed by atoms with Crippen LogP contribution in [0.25, 0.3) is 0 Å². The van der Waals surface area contributed by atoms with E-state index in [0.717, 1.165) is 161 Å². The summed E-state index contributed by atoms with van der Waals surface area (Å²) in [6, 6.07) is 0. The number of carbonyl (C=O) groups is 3. The van der Waals surface area contributed by atoms with Crippen molar-refractivity contribution in [3.05, 3.63) is 146 Å². The summed E-state index contributed by atoms with van der Waals surface area (Å²) in [4.78, 5) is 58.8. The fourth-order valence-electron chi connectivity index (χ4n) is 11.5. The first-order chi connectivity index (χ1) is 53.2. The third kappa shape index (κ3) is 84.2. The van der Waals surface area contributed by atoms with Crippen LogP contribution in [0.5, 0.6) is 0 Å². The summed E-state index contributed by atoms with van der Waals surface area (Å²) in [6.45, 7) is 2.44. The molecule has 0 rings (SSSR count). The van der Waals surface area contributed by atoms with E-state index in [1.807, 2.05) is 0 Å². The molecule has 0 bridgehead atoms. The molecule has 0 aliphatic rings. The number of phosphoric ester groups is 2. The number of aliphatic hydroxyl groups excluding tert-OH is 2. The number of carbonyl (C=O) groups excluding carboxylic acids is 3. The van der Waals surface area contributed by atoms with Crippen LogP contribution in [0.15, 0.2) is 146 Å². The first-order valence-electron chi connectivity index (χ1n) is 43.1. The van der Waals surface area contributed by atoms with Crippen LogP contribution in [-0.4, -0.2) is 95.9 Å². The lowest BCUT2D eigenvalue weighted by Gasteiger charge is -2.21. The van der Waals surface area contributed by atoms with Gasteiger partial charge in [-0.05, 0) is 141 Å². The number of aliphatic hydroxyl groups is 2. The number of ether oxygens (including phenoxy) is 3. The Bertz CT molecular complexity index is 2560. The van der Waals surface area contributed by atoms with Crippen molar-refractivity contribution in [3.63, 3.8) is 0 Å². The summed E-state index contributed by atoms with van der Waals surface area (Å²) in [5.41, 5.74) is 0. The molecule has 4 N–H and O–H groups in total. The predicted molar refractivity (Wildman–Crippen MR) is 454 cm³/mol. The molecule has 5 unspecified atom stereocenters. The Hall–Kier alpha value is -4.57. The Labute approximate surface area is 664 Å². The van der Waals surface area contributed by atoms with Gasteiger partial charge in [0.1, 0.15) is 25.4 Å².